The van der Waals surface area contributed by atoms with Crippen molar-refractivity contribution >= 4 is 10.0 Å². The highest BCUT2D eigenvalue weighted by Crippen LogP contribution is 2.06. The lowest BCUT2D eigenvalue weighted by molar-refractivity contribution is 0.0366. The second-order valence-electron chi connectivity index (χ2n) is 4.23. The summed E-state index contributed by atoms with van der Waals surface area (Å²) in [5.74, 6) is 0.00812. The van der Waals surface area contributed by atoms with E-state index >= 15 is 0 Å². The number of hydrogen-bond acceptors (Lipinski definition) is 5. The van der Waals surface area contributed by atoms with E-state index in [1.54, 1.807) is 0 Å². The summed E-state index contributed by atoms with van der Waals surface area (Å²) in [6.45, 7) is 5.33. The fraction of sp³-hybridized carbons (Fsp3) is 1.00. The average Bonchev–Trinajstić information content (AvgIpc) is 2.36. The molecule has 108 valence electrons. The third kappa shape index (κ3) is 7.27. The number of rotatable bonds is 9. The Hall–Kier alpha value is -0.210. The number of sulfonamides is 1. The van der Waals surface area contributed by atoms with Crippen LogP contribution in [-0.4, -0.2) is 59.7 Å². The van der Waals surface area contributed by atoms with Gasteiger partial charge < -0.3 is 14.8 Å². The minimum absolute atomic E-state index is 0.00812. The van der Waals surface area contributed by atoms with Gasteiger partial charge in [0.05, 0.1) is 25.1 Å². The van der Waals surface area contributed by atoms with Crippen LogP contribution in [0, 0.1) is 0 Å². The molecule has 0 amide bonds. The van der Waals surface area contributed by atoms with Crippen LogP contribution in [0.5, 0.6) is 0 Å². The van der Waals surface area contributed by atoms with Gasteiger partial charge in [-0.15, -0.1) is 0 Å². The van der Waals surface area contributed by atoms with Crippen molar-refractivity contribution in [2.45, 2.75) is 25.9 Å². The maximum Gasteiger partial charge on any atom is 0.213 e. The van der Waals surface area contributed by atoms with Gasteiger partial charge in [-0.1, -0.05) is 0 Å². The van der Waals surface area contributed by atoms with E-state index in [4.69, 9.17) is 9.47 Å². The second-order valence-corrected chi connectivity index (χ2v) is 6.16. The number of ether oxygens (including phenoxy) is 2. The molecule has 18 heavy (non-hydrogen) atoms. The minimum Gasteiger partial charge on any atom is -0.381 e. The van der Waals surface area contributed by atoms with Crippen molar-refractivity contribution in [2.75, 3.05) is 45.2 Å². The summed E-state index contributed by atoms with van der Waals surface area (Å²) in [5.41, 5.74) is 0. The van der Waals surface area contributed by atoms with E-state index in [0.29, 0.717) is 19.8 Å². The van der Waals surface area contributed by atoms with Gasteiger partial charge in [-0.3, -0.25) is 0 Å². The molecule has 1 aliphatic heterocycles. The Kier molecular flexibility index (Phi) is 7.76. The van der Waals surface area contributed by atoms with Crippen LogP contribution in [0.15, 0.2) is 0 Å². The van der Waals surface area contributed by atoms with Crippen LogP contribution in [0.4, 0.5) is 0 Å². The molecule has 0 spiro atoms. The zero-order valence-electron chi connectivity index (χ0n) is 11.0. The summed E-state index contributed by atoms with van der Waals surface area (Å²) in [6.07, 6.45) is 2.26. The molecule has 1 saturated heterocycles. The van der Waals surface area contributed by atoms with E-state index in [1.165, 1.54) is 0 Å². The second kappa shape index (κ2) is 8.82. The normalized spacial score (nSPS) is 18.1. The van der Waals surface area contributed by atoms with Crippen molar-refractivity contribution < 1.29 is 17.9 Å². The van der Waals surface area contributed by atoms with Crippen molar-refractivity contribution in [1.82, 2.24) is 10.0 Å². The van der Waals surface area contributed by atoms with Gasteiger partial charge in [-0.05, 0) is 32.9 Å². The summed E-state index contributed by atoms with van der Waals surface area (Å²) in [4.78, 5) is 0. The highest BCUT2D eigenvalue weighted by molar-refractivity contribution is 7.89. The molecule has 1 aliphatic rings. The van der Waals surface area contributed by atoms with Gasteiger partial charge in [0.2, 0.25) is 10.0 Å². The first-order chi connectivity index (χ1) is 8.64. The van der Waals surface area contributed by atoms with Gasteiger partial charge >= 0.3 is 0 Å². The smallest absolute Gasteiger partial charge is 0.213 e. The first-order valence-corrected chi connectivity index (χ1v) is 8.16. The molecule has 0 aromatic rings. The first kappa shape index (κ1) is 15.8. The molecule has 0 unspecified atom stereocenters. The number of hydrogen-bond donors (Lipinski definition) is 2. The molecule has 0 radical (unpaired) electrons. The van der Waals surface area contributed by atoms with Crippen LogP contribution in [0.1, 0.15) is 19.8 Å². The summed E-state index contributed by atoms with van der Waals surface area (Å²) >= 11 is 0. The molecule has 2 N–H and O–H groups in total. The number of piperidine rings is 1. The molecular weight excluding hydrogens is 256 g/mol. The summed E-state index contributed by atoms with van der Waals surface area (Å²) in [5, 5.41) is 3.25. The molecular formula is C11H24N2O4S. The summed E-state index contributed by atoms with van der Waals surface area (Å²) in [7, 11) is -3.22. The van der Waals surface area contributed by atoms with Crippen LogP contribution in [0.25, 0.3) is 0 Å². The van der Waals surface area contributed by atoms with Crippen molar-refractivity contribution in [3.63, 3.8) is 0 Å². The largest absolute Gasteiger partial charge is 0.381 e. The summed E-state index contributed by atoms with van der Waals surface area (Å²) in [6, 6.07) is 0. The van der Waals surface area contributed by atoms with E-state index in [2.05, 4.69) is 10.0 Å². The van der Waals surface area contributed by atoms with Crippen LogP contribution in [0.3, 0.4) is 0 Å². The molecule has 0 aromatic carbocycles. The standard InChI is InChI=1S/C11H24N2O4S/c1-2-16-9-10-18(14,15)13-7-8-17-11-3-5-12-6-4-11/h11-13H,2-10H2,1H3. The van der Waals surface area contributed by atoms with Gasteiger partial charge in [-0.25, -0.2) is 13.1 Å². The molecule has 0 bridgehead atoms. The zero-order chi connectivity index (χ0) is 13.3. The maximum atomic E-state index is 11.5. The Balaban J connectivity index is 2.05. The molecule has 7 heteroatoms. The molecule has 0 aliphatic carbocycles. The fourth-order valence-electron chi connectivity index (χ4n) is 1.77. The van der Waals surface area contributed by atoms with E-state index < -0.39 is 10.0 Å². The number of nitrogens with one attached hydrogen (secondary N) is 2. The first-order valence-electron chi connectivity index (χ1n) is 6.51. The SMILES string of the molecule is CCOCCS(=O)(=O)NCCOC1CCNCC1. The van der Waals surface area contributed by atoms with Gasteiger partial charge in [-0.2, -0.15) is 0 Å². The van der Waals surface area contributed by atoms with Gasteiger partial charge in [0.25, 0.3) is 0 Å². The monoisotopic (exact) mass is 280 g/mol. The molecule has 6 nitrogen and oxygen atoms in total. The fourth-order valence-corrected chi connectivity index (χ4v) is 2.65. The van der Waals surface area contributed by atoms with E-state index in [9.17, 15) is 8.42 Å². The molecule has 1 fully saturated rings. The summed E-state index contributed by atoms with van der Waals surface area (Å²) < 4.78 is 36.1. The van der Waals surface area contributed by atoms with Gasteiger partial charge in [0.1, 0.15) is 0 Å². The molecule has 1 heterocycles. The maximum absolute atomic E-state index is 11.5. The van der Waals surface area contributed by atoms with E-state index in [0.717, 1.165) is 25.9 Å². The molecule has 1 rings (SSSR count). The Morgan fingerprint density at radius 3 is 2.67 bits per heavy atom. The van der Waals surface area contributed by atoms with Crippen LogP contribution in [-0.2, 0) is 19.5 Å². The lowest BCUT2D eigenvalue weighted by atomic mass is 10.1. The Labute approximate surface area is 109 Å². The van der Waals surface area contributed by atoms with E-state index in [1.807, 2.05) is 6.92 Å². The van der Waals surface area contributed by atoms with Crippen LogP contribution < -0.4 is 10.0 Å². The van der Waals surface area contributed by atoms with Gasteiger partial charge in [0.15, 0.2) is 0 Å². The topological polar surface area (TPSA) is 76.7 Å². The third-order valence-electron chi connectivity index (χ3n) is 2.76. The predicted octanol–water partition coefficient (Wildman–Crippen LogP) is -0.289. The quantitative estimate of drug-likeness (QED) is 0.568. The molecule has 0 atom stereocenters. The van der Waals surface area contributed by atoms with Crippen molar-refractivity contribution in [1.29, 1.82) is 0 Å². The zero-order valence-corrected chi connectivity index (χ0v) is 11.8. The van der Waals surface area contributed by atoms with E-state index in [-0.39, 0.29) is 18.5 Å². The van der Waals surface area contributed by atoms with Crippen LogP contribution >= 0.6 is 0 Å². The molecule has 0 saturated carbocycles. The Morgan fingerprint density at radius 2 is 2.00 bits per heavy atom. The highest BCUT2D eigenvalue weighted by atomic mass is 32.2. The average molecular weight is 280 g/mol. The highest BCUT2D eigenvalue weighted by Gasteiger charge is 2.14. The van der Waals surface area contributed by atoms with Crippen molar-refractivity contribution in [3.05, 3.63) is 0 Å². The van der Waals surface area contributed by atoms with Gasteiger partial charge in [0, 0.05) is 13.2 Å². The Bertz CT molecular complexity index is 302. The van der Waals surface area contributed by atoms with Crippen molar-refractivity contribution in [3.8, 4) is 0 Å². The van der Waals surface area contributed by atoms with Crippen LogP contribution in [0.2, 0.25) is 0 Å². The lowest BCUT2D eigenvalue weighted by Crippen LogP contribution is -2.35. The third-order valence-corrected chi connectivity index (χ3v) is 4.11. The van der Waals surface area contributed by atoms with Crippen molar-refractivity contribution in [2.24, 2.45) is 0 Å². The lowest BCUT2D eigenvalue weighted by Gasteiger charge is -2.22. The predicted molar refractivity (Wildman–Crippen MR) is 70.1 cm³/mol. The minimum atomic E-state index is -3.22. The Morgan fingerprint density at radius 1 is 1.28 bits per heavy atom. The molecule has 0 aromatic heterocycles.